The van der Waals surface area contributed by atoms with Gasteiger partial charge in [0.1, 0.15) is 12.0 Å². The van der Waals surface area contributed by atoms with Crippen LogP contribution in [0.25, 0.3) is 0 Å². The molecule has 10 heteroatoms. The van der Waals surface area contributed by atoms with E-state index in [4.69, 9.17) is 5.73 Å². The van der Waals surface area contributed by atoms with Crippen LogP contribution in [0.15, 0.2) is 47.2 Å². The molecule has 1 saturated carbocycles. The first kappa shape index (κ1) is 21.4. The molecule has 1 aliphatic carbocycles. The van der Waals surface area contributed by atoms with Crippen molar-refractivity contribution in [1.82, 2.24) is 25.2 Å². The van der Waals surface area contributed by atoms with Crippen LogP contribution in [-0.2, 0) is 4.79 Å². The molecule has 0 atom stereocenters. The lowest BCUT2D eigenvalue weighted by Crippen LogP contribution is -2.36. The Hall–Kier alpha value is -3.82. The zero-order chi connectivity index (χ0) is 22.5. The smallest absolute Gasteiger partial charge is 0.276 e. The number of hydrogen-bond acceptors (Lipinski definition) is 8. The van der Waals surface area contributed by atoms with Crippen molar-refractivity contribution in [3.8, 4) is 0 Å². The highest BCUT2D eigenvalue weighted by atomic mass is 16.2. The number of pyridine rings is 1. The summed E-state index contributed by atoms with van der Waals surface area (Å²) in [6.07, 6.45) is 10.0. The number of nitrogens with two attached hydrogens (primary N) is 1. The Bertz CT molecular complexity index is 1060. The summed E-state index contributed by atoms with van der Waals surface area (Å²) in [5, 5.41) is 5.87. The van der Waals surface area contributed by atoms with Gasteiger partial charge in [0.05, 0.1) is 29.5 Å². The Labute approximate surface area is 186 Å². The van der Waals surface area contributed by atoms with Gasteiger partial charge in [0.25, 0.3) is 11.8 Å². The van der Waals surface area contributed by atoms with Crippen molar-refractivity contribution in [3.63, 3.8) is 0 Å². The fraction of sp³-hybridized carbons (Fsp3) is 0.364. The van der Waals surface area contributed by atoms with Crippen molar-refractivity contribution in [2.45, 2.75) is 31.6 Å². The van der Waals surface area contributed by atoms with E-state index in [1.54, 1.807) is 24.3 Å². The van der Waals surface area contributed by atoms with Crippen LogP contribution in [0.2, 0.25) is 0 Å². The maximum Gasteiger partial charge on any atom is 0.276 e. The van der Waals surface area contributed by atoms with Crippen molar-refractivity contribution in [3.05, 3.63) is 53.6 Å². The molecule has 1 saturated heterocycles. The Balaban J connectivity index is 1.63. The molecule has 2 aliphatic rings. The molecule has 0 aromatic carbocycles. The molecule has 32 heavy (non-hydrogen) atoms. The molecule has 0 unspecified atom stereocenters. The van der Waals surface area contributed by atoms with Crippen LogP contribution >= 0.6 is 0 Å². The summed E-state index contributed by atoms with van der Waals surface area (Å²) in [7, 11) is 1.55. The summed E-state index contributed by atoms with van der Waals surface area (Å²) in [5.74, 6) is -0.430. The minimum atomic E-state index is -0.487. The van der Waals surface area contributed by atoms with Gasteiger partial charge in [0, 0.05) is 38.0 Å². The average Bonchev–Trinajstić information content (AvgIpc) is 3.52. The maximum absolute atomic E-state index is 13.3. The number of aliphatic imine (C=N–C) groups is 1. The zero-order valence-corrected chi connectivity index (χ0v) is 17.9. The highest BCUT2D eigenvalue weighted by Gasteiger charge is 2.28. The van der Waals surface area contributed by atoms with Crippen LogP contribution in [0.1, 0.15) is 47.8 Å². The summed E-state index contributed by atoms with van der Waals surface area (Å²) < 4.78 is 0. The first-order valence-electron chi connectivity index (χ1n) is 10.6. The van der Waals surface area contributed by atoms with E-state index in [9.17, 15) is 9.59 Å². The van der Waals surface area contributed by atoms with Crippen molar-refractivity contribution in [2.24, 2.45) is 10.7 Å². The van der Waals surface area contributed by atoms with Gasteiger partial charge in [0.15, 0.2) is 5.69 Å². The Kier molecular flexibility index (Phi) is 6.39. The number of hydrogen-bond donors (Lipinski definition) is 3. The molecular weight excluding hydrogens is 408 g/mol. The molecule has 3 heterocycles. The normalized spacial score (nSPS) is 16.7. The topological polar surface area (TPSA) is 138 Å². The third-order valence-electron chi connectivity index (χ3n) is 5.39. The maximum atomic E-state index is 13.3. The lowest BCUT2D eigenvalue weighted by atomic mass is 10.2. The summed E-state index contributed by atoms with van der Waals surface area (Å²) >= 11 is 0. The fourth-order valence-electron chi connectivity index (χ4n) is 3.56. The molecule has 2 aromatic rings. The van der Waals surface area contributed by atoms with Gasteiger partial charge >= 0.3 is 0 Å². The van der Waals surface area contributed by atoms with E-state index < -0.39 is 5.91 Å². The largest absolute Gasteiger partial charge is 0.393 e. The van der Waals surface area contributed by atoms with Gasteiger partial charge in [-0.25, -0.2) is 15.0 Å². The van der Waals surface area contributed by atoms with Gasteiger partial charge in [-0.05, 0) is 37.8 Å². The van der Waals surface area contributed by atoms with Crippen LogP contribution in [-0.4, -0.2) is 58.0 Å². The van der Waals surface area contributed by atoms with E-state index in [2.05, 4.69) is 30.6 Å². The quantitative estimate of drug-likeness (QED) is 0.445. The third-order valence-corrected chi connectivity index (χ3v) is 5.39. The Morgan fingerprint density at radius 1 is 1.19 bits per heavy atom. The van der Waals surface area contributed by atoms with Gasteiger partial charge in [-0.2, -0.15) is 0 Å². The van der Waals surface area contributed by atoms with Crippen molar-refractivity contribution in [2.75, 3.05) is 25.5 Å². The van der Waals surface area contributed by atoms with Gasteiger partial charge in [0.2, 0.25) is 0 Å². The fourth-order valence-corrected chi connectivity index (χ4v) is 3.56. The van der Waals surface area contributed by atoms with Crippen molar-refractivity contribution < 1.29 is 9.59 Å². The number of rotatable bonds is 7. The van der Waals surface area contributed by atoms with Gasteiger partial charge < -0.3 is 21.3 Å². The number of nitrogens with zero attached hydrogens (tertiary/aromatic N) is 5. The van der Waals surface area contributed by atoms with Crippen LogP contribution in [0.5, 0.6) is 0 Å². The van der Waals surface area contributed by atoms with E-state index in [0.717, 1.165) is 31.4 Å². The van der Waals surface area contributed by atoms with Crippen LogP contribution in [0.4, 0.5) is 11.4 Å². The summed E-state index contributed by atoms with van der Waals surface area (Å²) in [4.78, 5) is 44.2. The van der Waals surface area contributed by atoms with Gasteiger partial charge in [-0.15, -0.1) is 0 Å². The Morgan fingerprint density at radius 2 is 1.91 bits per heavy atom. The minimum absolute atomic E-state index is 0.0461. The number of carbonyl (C=O) groups excluding carboxylic acids is 2. The number of anilines is 2. The van der Waals surface area contributed by atoms with Crippen LogP contribution in [0.3, 0.4) is 0 Å². The summed E-state index contributed by atoms with van der Waals surface area (Å²) in [6, 6.07) is 3.73. The zero-order valence-electron chi connectivity index (χ0n) is 17.9. The second-order valence-electron chi connectivity index (χ2n) is 7.83. The first-order chi connectivity index (χ1) is 15.6. The molecule has 1 aliphatic heterocycles. The highest BCUT2D eigenvalue weighted by Crippen LogP contribution is 2.39. The number of amides is 2. The monoisotopic (exact) mass is 434 g/mol. The van der Waals surface area contributed by atoms with Crippen LogP contribution < -0.4 is 16.4 Å². The highest BCUT2D eigenvalue weighted by molar-refractivity contribution is 6.05. The van der Waals surface area contributed by atoms with Crippen molar-refractivity contribution >= 4 is 29.4 Å². The lowest BCUT2D eigenvalue weighted by molar-refractivity contribution is -0.126. The number of likely N-dealkylation sites (tertiary alicyclic amines) is 1. The van der Waals surface area contributed by atoms with Gasteiger partial charge in [-0.1, -0.05) is 0 Å². The molecule has 0 bridgehead atoms. The number of nitrogens with one attached hydrogen (secondary N) is 2. The number of aromatic nitrogens is 3. The molecule has 4 rings (SSSR count). The second-order valence-corrected chi connectivity index (χ2v) is 7.83. The average molecular weight is 435 g/mol. The first-order valence-corrected chi connectivity index (χ1v) is 10.6. The van der Waals surface area contributed by atoms with Crippen molar-refractivity contribution in [1.29, 1.82) is 0 Å². The molecule has 4 N–H and O–H groups in total. The second kappa shape index (κ2) is 9.54. The van der Waals surface area contributed by atoms with Gasteiger partial charge in [-0.3, -0.25) is 14.6 Å². The predicted octanol–water partition coefficient (Wildman–Crippen LogP) is 1.72. The molecular formula is C22H26N8O2. The molecule has 2 aromatic heterocycles. The third kappa shape index (κ3) is 4.90. The lowest BCUT2D eigenvalue weighted by Gasteiger charge is -2.18. The van der Waals surface area contributed by atoms with E-state index in [0.29, 0.717) is 30.4 Å². The van der Waals surface area contributed by atoms with E-state index >= 15 is 0 Å². The van der Waals surface area contributed by atoms with E-state index in [-0.39, 0.29) is 23.0 Å². The molecule has 0 radical (unpaired) electrons. The Morgan fingerprint density at radius 3 is 2.56 bits per heavy atom. The molecule has 2 amide bonds. The van der Waals surface area contributed by atoms with Crippen LogP contribution in [0, 0.1) is 0 Å². The molecule has 10 nitrogen and oxygen atoms in total. The van der Waals surface area contributed by atoms with E-state index in [1.165, 1.54) is 12.5 Å². The SMILES string of the molecule is CN=CC(NC(=O)c1nc(C2CC2)ccc1Nc1cncnc1)=C(N)C(=O)N1CCCC1. The summed E-state index contributed by atoms with van der Waals surface area (Å²) in [6.45, 7) is 1.31. The molecule has 166 valence electrons. The molecule has 2 fully saturated rings. The standard InChI is InChI=1S/C22H26N8O2/c1-24-12-18(19(23)22(32)30-8-2-3-9-30)29-21(31)20-17(27-15-10-25-13-26-11-15)7-6-16(28-20)14-4-5-14/h6-7,10-14,27H,2-5,8-9,23H2,1H3,(H,29,31). The number of allylic oxidation sites excluding steroid dienone is 1. The molecule has 0 spiro atoms. The van der Waals surface area contributed by atoms with E-state index in [1.807, 2.05) is 12.1 Å². The predicted molar refractivity (Wildman–Crippen MR) is 120 cm³/mol. The minimum Gasteiger partial charge on any atom is -0.393 e. The number of carbonyl (C=O) groups is 2. The summed E-state index contributed by atoms with van der Waals surface area (Å²) in [5.41, 5.74) is 8.42.